The Balaban J connectivity index is 1.96. The van der Waals surface area contributed by atoms with Crippen molar-refractivity contribution >= 4 is 23.4 Å². The second-order valence-electron chi connectivity index (χ2n) is 5.10. The zero-order valence-electron chi connectivity index (χ0n) is 13.1. The molecular formula is C16H25N3OS. The van der Waals surface area contributed by atoms with Crippen molar-refractivity contribution in [3.05, 3.63) is 23.8 Å². The summed E-state index contributed by atoms with van der Waals surface area (Å²) in [5.74, 6) is 1.13. The van der Waals surface area contributed by atoms with Crippen LogP contribution < -0.4 is 10.6 Å². The van der Waals surface area contributed by atoms with Crippen molar-refractivity contribution in [2.24, 2.45) is 0 Å². The molecule has 4 nitrogen and oxygen atoms in total. The summed E-state index contributed by atoms with van der Waals surface area (Å²) in [5.41, 5.74) is 2.02. The number of anilines is 1. The van der Waals surface area contributed by atoms with Crippen LogP contribution in [0.15, 0.2) is 23.1 Å². The van der Waals surface area contributed by atoms with Crippen molar-refractivity contribution in [3.8, 4) is 0 Å². The topological polar surface area (TPSA) is 44.4 Å². The van der Waals surface area contributed by atoms with E-state index in [1.165, 1.54) is 4.90 Å². The molecule has 1 atom stereocenters. The van der Waals surface area contributed by atoms with Gasteiger partial charge in [-0.2, -0.15) is 0 Å². The average Bonchev–Trinajstić information content (AvgIpc) is 2.79. The van der Waals surface area contributed by atoms with Crippen LogP contribution in [0.25, 0.3) is 0 Å². The van der Waals surface area contributed by atoms with Crippen LogP contribution in [0, 0.1) is 0 Å². The summed E-state index contributed by atoms with van der Waals surface area (Å²) in [7, 11) is 0. The molecule has 0 radical (unpaired) electrons. The van der Waals surface area contributed by atoms with Gasteiger partial charge in [0, 0.05) is 28.4 Å². The van der Waals surface area contributed by atoms with Gasteiger partial charge >= 0.3 is 0 Å². The molecular weight excluding hydrogens is 282 g/mol. The number of benzene rings is 1. The average molecular weight is 307 g/mol. The molecule has 0 aromatic heterocycles. The van der Waals surface area contributed by atoms with E-state index in [1.54, 1.807) is 0 Å². The van der Waals surface area contributed by atoms with Crippen LogP contribution in [0.1, 0.15) is 32.4 Å². The summed E-state index contributed by atoms with van der Waals surface area (Å²) in [6, 6.07) is 6.09. The standard InChI is InChI=1S/C16H25N3OS/c1-4-17-15-13-8-7-12(11-14(13)18-16(15)20)21-10-9-19(5-2)6-3/h7-8,11,15,17H,4-6,9-10H2,1-3H3,(H,18,20). The third-order valence-electron chi connectivity index (χ3n) is 3.83. The Bertz CT molecular complexity index is 488. The molecule has 5 heteroatoms. The van der Waals surface area contributed by atoms with Crippen molar-refractivity contribution < 1.29 is 4.79 Å². The van der Waals surface area contributed by atoms with E-state index in [9.17, 15) is 4.79 Å². The van der Waals surface area contributed by atoms with Crippen molar-refractivity contribution in [1.82, 2.24) is 10.2 Å². The molecule has 1 aliphatic heterocycles. The van der Waals surface area contributed by atoms with E-state index in [0.29, 0.717) is 0 Å². The Labute approximate surface area is 131 Å². The SMILES string of the molecule is CCNC1C(=O)Nc2cc(SCCN(CC)CC)ccc21. The molecule has 1 heterocycles. The van der Waals surface area contributed by atoms with Crippen LogP contribution in [0.5, 0.6) is 0 Å². The first-order valence-electron chi connectivity index (χ1n) is 7.72. The molecule has 1 aliphatic rings. The number of thioether (sulfide) groups is 1. The maximum absolute atomic E-state index is 11.9. The van der Waals surface area contributed by atoms with Gasteiger partial charge in [-0.3, -0.25) is 4.79 Å². The molecule has 1 aromatic carbocycles. The third kappa shape index (κ3) is 3.99. The van der Waals surface area contributed by atoms with Gasteiger partial charge in [-0.15, -0.1) is 11.8 Å². The highest BCUT2D eigenvalue weighted by molar-refractivity contribution is 7.99. The summed E-state index contributed by atoms with van der Waals surface area (Å²) in [6.45, 7) is 10.5. The first-order valence-corrected chi connectivity index (χ1v) is 8.71. The largest absolute Gasteiger partial charge is 0.324 e. The fourth-order valence-electron chi connectivity index (χ4n) is 2.57. The highest BCUT2D eigenvalue weighted by atomic mass is 32.2. The van der Waals surface area contributed by atoms with Gasteiger partial charge in [0.2, 0.25) is 5.91 Å². The van der Waals surface area contributed by atoms with Gasteiger partial charge in [-0.05, 0) is 31.8 Å². The van der Waals surface area contributed by atoms with Gasteiger partial charge in [0.15, 0.2) is 0 Å². The zero-order chi connectivity index (χ0) is 15.2. The van der Waals surface area contributed by atoms with Crippen LogP contribution in [-0.2, 0) is 4.79 Å². The second-order valence-corrected chi connectivity index (χ2v) is 6.27. The van der Waals surface area contributed by atoms with Crippen molar-refractivity contribution in [2.75, 3.05) is 37.2 Å². The fourth-order valence-corrected chi connectivity index (χ4v) is 3.52. The Morgan fingerprint density at radius 2 is 2.05 bits per heavy atom. The number of carbonyl (C=O) groups is 1. The van der Waals surface area contributed by atoms with Gasteiger partial charge in [0.05, 0.1) is 0 Å². The monoisotopic (exact) mass is 307 g/mol. The smallest absolute Gasteiger partial charge is 0.246 e. The number of hydrogen-bond donors (Lipinski definition) is 2. The van der Waals surface area contributed by atoms with Crippen molar-refractivity contribution in [2.45, 2.75) is 31.7 Å². The minimum Gasteiger partial charge on any atom is -0.324 e. The fraction of sp³-hybridized carbons (Fsp3) is 0.562. The van der Waals surface area contributed by atoms with E-state index in [4.69, 9.17) is 0 Å². The molecule has 1 aromatic rings. The lowest BCUT2D eigenvalue weighted by molar-refractivity contribution is -0.117. The van der Waals surface area contributed by atoms with E-state index in [1.807, 2.05) is 18.7 Å². The quantitative estimate of drug-likeness (QED) is 0.725. The lowest BCUT2D eigenvalue weighted by Gasteiger charge is -2.17. The number of nitrogens with one attached hydrogen (secondary N) is 2. The summed E-state index contributed by atoms with van der Waals surface area (Å²) in [6.07, 6.45) is 0. The van der Waals surface area contributed by atoms with E-state index in [2.05, 4.69) is 47.6 Å². The number of carbonyl (C=O) groups excluding carboxylic acids is 1. The van der Waals surface area contributed by atoms with E-state index in [-0.39, 0.29) is 11.9 Å². The van der Waals surface area contributed by atoms with Gasteiger partial charge in [0.1, 0.15) is 6.04 Å². The normalized spacial score (nSPS) is 17.1. The van der Waals surface area contributed by atoms with E-state index < -0.39 is 0 Å². The van der Waals surface area contributed by atoms with Gasteiger partial charge in [-0.25, -0.2) is 0 Å². The van der Waals surface area contributed by atoms with Crippen LogP contribution in [0.2, 0.25) is 0 Å². The maximum atomic E-state index is 11.9. The minimum absolute atomic E-state index is 0.0529. The third-order valence-corrected chi connectivity index (χ3v) is 4.81. The van der Waals surface area contributed by atoms with Gasteiger partial charge < -0.3 is 15.5 Å². The molecule has 1 amide bonds. The maximum Gasteiger partial charge on any atom is 0.246 e. The molecule has 0 saturated carbocycles. The van der Waals surface area contributed by atoms with Crippen LogP contribution in [0.3, 0.4) is 0 Å². The molecule has 0 saturated heterocycles. The van der Waals surface area contributed by atoms with E-state index >= 15 is 0 Å². The second kappa shape index (κ2) is 7.82. The van der Waals surface area contributed by atoms with Crippen molar-refractivity contribution in [1.29, 1.82) is 0 Å². The lowest BCUT2D eigenvalue weighted by atomic mass is 10.1. The molecule has 0 aliphatic carbocycles. The highest BCUT2D eigenvalue weighted by Crippen LogP contribution is 2.34. The molecule has 0 spiro atoms. The summed E-state index contributed by atoms with van der Waals surface area (Å²) < 4.78 is 0. The first kappa shape index (κ1) is 16.3. The zero-order valence-corrected chi connectivity index (χ0v) is 13.9. The highest BCUT2D eigenvalue weighted by Gasteiger charge is 2.29. The van der Waals surface area contributed by atoms with Crippen LogP contribution >= 0.6 is 11.8 Å². The predicted molar refractivity (Wildman–Crippen MR) is 90.0 cm³/mol. The first-order chi connectivity index (χ1) is 10.2. The minimum atomic E-state index is -0.195. The number of fused-ring (bicyclic) bond motifs is 1. The molecule has 0 bridgehead atoms. The Morgan fingerprint density at radius 3 is 2.71 bits per heavy atom. The molecule has 116 valence electrons. The van der Waals surface area contributed by atoms with Gasteiger partial charge in [-0.1, -0.05) is 26.8 Å². The lowest BCUT2D eigenvalue weighted by Crippen LogP contribution is -2.27. The Hall–Kier alpha value is -1.04. The predicted octanol–water partition coefficient (Wildman–Crippen LogP) is 2.72. The summed E-state index contributed by atoms with van der Waals surface area (Å²) in [4.78, 5) is 15.6. The number of likely N-dealkylation sites (N-methyl/N-ethyl adjacent to an activating group) is 1. The number of nitrogens with zero attached hydrogens (tertiary/aromatic N) is 1. The van der Waals surface area contributed by atoms with Crippen LogP contribution in [0.4, 0.5) is 5.69 Å². The summed E-state index contributed by atoms with van der Waals surface area (Å²) in [5, 5.41) is 6.19. The number of rotatable bonds is 8. The Kier molecular flexibility index (Phi) is 6.08. The molecule has 2 N–H and O–H groups in total. The van der Waals surface area contributed by atoms with E-state index in [0.717, 1.165) is 43.2 Å². The molecule has 0 fully saturated rings. The Morgan fingerprint density at radius 1 is 1.29 bits per heavy atom. The molecule has 21 heavy (non-hydrogen) atoms. The van der Waals surface area contributed by atoms with Crippen LogP contribution in [-0.4, -0.2) is 42.7 Å². The van der Waals surface area contributed by atoms with Crippen molar-refractivity contribution in [3.63, 3.8) is 0 Å². The van der Waals surface area contributed by atoms with Gasteiger partial charge in [0.25, 0.3) is 0 Å². The molecule has 2 rings (SSSR count). The number of hydrogen-bond acceptors (Lipinski definition) is 4. The number of amides is 1. The molecule has 1 unspecified atom stereocenters. The summed E-state index contributed by atoms with van der Waals surface area (Å²) >= 11 is 1.85.